The Kier molecular flexibility index (Phi) is 4.32. The maximum atomic E-state index is 11.1. The van der Waals surface area contributed by atoms with Crippen LogP contribution in [0.2, 0.25) is 0 Å². The van der Waals surface area contributed by atoms with Crippen LogP contribution in [0.5, 0.6) is 0 Å². The highest BCUT2D eigenvalue weighted by Gasteiger charge is 2.29. The van der Waals surface area contributed by atoms with Crippen LogP contribution < -0.4 is 0 Å². The fourth-order valence-electron chi connectivity index (χ4n) is 2.24. The number of hydrogen-bond donors (Lipinski definition) is 0. The van der Waals surface area contributed by atoms with Gasteiger partial charge in [0.1, 0.15) is 6.29 Å². The topological polar surface area (TPSA) is 20.3 Å². The predicted molar refractivity (Wildman–Crippen MR) is 63.8 cm³/mol. The summed E-state index contributed by atoms with van der Waals surface area (Å²) >= 11 is 0. The minimum Gasteiger partial charge on any atom is -0.303 e. The molecule has 0 aromatic carbocycles. The average molecular weight is 211 g/mol. The number of hydrogen-bond acceptors (Lipinski definition) is 2. The molecule has 1 aliphatic rings. The van der Waals surface area contributed by atoms with Crippen LogP contribution in [0.1, 0.15) is 40.5 Å². The van der Waals surface area contributed by atoms with E-state index < -0.39 is 0 Å². The molecule has 1 heterocycles. The van der Waals surface area contributed by atoms with Gasteiger partial charge in [0.15, 0.2) is 0 Å². The lowest BCUT2D eigenvalue weighted by molar-refractivity contribution is -0.117. The van der Waals surface area contributed by atoms with E-state index in [-0.39, 0.29) is 5.41 Å². The molecule has 1 aliphatic heterocycles. The smallest absolute Gasteiger partial charge is 0.127 e. The molecule has 0 amide bonds. The molecule has 2 nitrogen and oxygen atoms in total. The van der Waals surface area contributed by atoms with E-state index >= 15 is 0 Å². The molecule has 15 heavy (non-hydrogen) atoms. The Bertz CT molecular complexity index is 217. The summed E-state index contributed by atoms with van der Waals surface area (Å²) in [5.41, 5.74) is -0.139. The third-order valence-electron chi connectivity index (χ3n) is 4.10. The number of carbonyl (C=O) groups is 1. The van der Waals surface area contributed by atoms with Gasteiger partial charge >= 0.3 is 0 Å². The van der Waals surface area contributed by atoms with Gasteiger partial charge in [-0.2, -0.15) is 0 Å². The number of likely N-dealkylation sites (tertiary alicyclic amines) is 1. The lowest BCUT2D eigenvalue weighted by Gasteiger charge is -2.38. The number of piperidine rings is 1. The van der Waals surface area contributed by atoms with Gasteiger partial charge in [-0.15, -0.1) is 0 Å². The second kappa shape index (κ2) is 5.11. The quantitative estimate of drug-likeness (QED) is 0.666. The van der Waals surface area contributed by atoms with Gasteiger partial charge in [-0.25, -0.2) is 0 Å². The summed E-state index contributed by atoms with van der Waals surface area (Å²) in [5, 5.41) is 0. The molecule has 3 unspecified atom stereocenters. The molecule has 2 heteroatoms. The van der Waals surface area contributed by atoms with E-state index in [9.17, 15) is 4.79 Å². The van der Waals surface area contributed by atoms with Crippen LogP contribution in [0.25, 0.3) is 0 Å². The van der Waals surface area contributed by atoms with E-state index in [4.69, 9.17) is 0 Å². The summed E-state index contributed by atoms with van der Waals surface area (Å²) in [6, 6.07) is 0. The Hall–Kier alpha value is -0.370. The van der Waals surface area contributed by atoms with Crippen molar-refractivity contribution < 1.29 is 4.79 Å². The van der Waals surface area contributed by atoms with Crippen molar-refractivity contribution in [2.45, 2.75) is 40.5 Å². The lowest BCUT2D eigenvalue weighted by Crippen LogP contribution is -2.44. The summed E-state index contributed by atoms with van der Waals surface area (Å²) in [7, 11) is 0. The molecule has 3 atom stereocenters. The van der Waals surface area contributed by atoms with E-state index in [1.807, 2.05) is 0 Å². The fourth-order valence-corrected chi connectivity index (χ4v) is 2.24. The van der Waals surface area contributed by atoms with Gasteiger partial charge in [0, 0.05) is 18.5 Å². The lowest BCUT2D eigenvalue weighted by atomic mass is 9.84. The molecular formula is C13H25NO. The van der Waals surface area contributed by atoms with Crippen molar-refractivity contribution in [3.63, 3.8) is 0 Å². The van der Waals surface area contributed by atoms with Crippen molar-refractivity contribution in [3.05, 3.63) is 0 Å². The summed E-state index contributed by atoms with van der Waals surface area (Å²) in [6.07, 6.45) is 3.35. The minimum atomic E-state index is -0.139. The second-order valence-electron chi connectivity index (χ2n) is 5.60. The third kappa shape index (κ3) is 3.30. The maximum Gasteiger partial charge on any atom is 0.127 e. The SMILES string of the molecule is CCC(C)(C=O)CN1CCC(C)C(C)C1. The first kappa shape index (κ1) is 12.7. The molecule has 0 spiro atoms. The Balaban J connectivity index is 2.49. The zero-order valence-electron chi connectivity index (χ0n) is 10.6. The summed E-state index contributed by atoms with van der Waals surface area (Å²) in [4.78, 5) is 13.5. The highest BCUT2D eigenvalue weighted by Crippen LogP contribution is 2.26. The molecule has 0 aliphatic carbocycles. The van der Waals surface area contributed by atoms with E-state index in [1.165, 1.54) is 6.42 Å². The molecule has 0 saturated carbocycles. The minimum absolute atomic E-state index is 0.139. The molecule has 0 bridgehead atoms. The zero-order chi connectivity index (χ0) is 11.5. The summed E-state index contributed by atoms with van der Waals surface area (Å²) in [6.45, 7) is 12.1. The maximum absolute atomic E-state index is 11.1. The van der Waals surface area contributed by atoms with Crippen LogP contribution in [0.3, 0.4) is 0 Å². The molecule has 1 rings (SSSR count). The Morgan fingerprint density at radius 2 is 2.07 bits per heavy atom. The summed E-state index contributed by atoms with van der Waals surface area (Å²) < 4.78 is 0. The first-order valence-electron chi connectivity index (χ1n) is 6.19. The van der Waals surface area contributed by atoms with Gasteiger partial charge in [0.2, 0.25) is 0 Å². The van der Waals surface area contributed by atoms with Gasteiger partial charge in [0.05, 0.1) is 0 Å². The van der Waals surface area contributed by atoms with Gasteiger partial charge in [-0.3, -0.25) is 0 Å². The first-order valence-corrected chi connectivity index (χ1v) is 6.19. The van der Waals surface area contributed by atoms with Crippen LogP contribution >= 0.6 is 0 Å². The van der Waals surface area contributed by atoms with Gasteiger partial charge < -0.3 is 9.69 Å². The van der Waals surface area contributed by atoms with Gasteiger partial charge in [-0.05, 0) is 31.2 Å². The molecule has 1 saturated heterocycles. The number of carbonyl (C=O) groups excluding carboxylic acids is 1. The highest BCUT2D eigenvalue weighted by molar-refractivity contribution is 5.58. The molecule has 88 valence electrons. The third-order valence-corrected chi connectivity index (χ3v) is 4.10. The van der Waals surface area contributed by atoms with Gasteiger partial charge in [0.25, 0.3) is 0 Å². The molecule has 0 N–H and O–H groups in total. The fraction of sp³-hybridized carbons (Fsp3) is 0.923. The van der Waals surface area contributed by atoms with E-state index in [2.05, 4.69) is 32.6 Å². The Labute approximate surface area is 94.0 Å². The summed E-state index contributed by atoms with van der Waals surface area (Å²) in [5.74, 6) is 1.61. The van der Waals surface area contributed by atoms with E-state index in [0.717, 1.165) is 44.2 Å². The molecule has 0 aromatic rings. The monoisotopic (exact) mass is 211 g/mol. The average Bonchev–Trinajstić information content (AvgIpc) is 2.23. The largest absolute Gasteiger partial charge is 0.303 e. The Morgan fingerprint density at radius 1 is 1.40 bits per heavy atom. The number of aldehydes is 1. The normalized spacial score (nSPS) is 32.3. The number of nitrogens with zero attached hydrogens (tertiary/aromatic N) is 1. The highest BCUT2D eigenvalue weighted by atomic mass is 16.1. The second-order valence-corrected chi connectivity index (χ2v) is 5.60. The van der Waals surface area contributed by atoms with Crippen LogP contribution in [-0.2, 0) is 4.79 Å². The number of rotatable bonds is 4. The zero-order valence-corrected chi connectivity index (χ0v) is 10.6. The van der Waals surface area contributed by atoms with Crippen molar-refractivity contribution in [1.82, 2.24) is 4.90 Å². The van der Waals surface area contributed by atoms with Crippen molar-refractivity contribution in [2.24, 2.45) is 17.3 Å². The van der Waals surface area contributed by atoms with Gasteiger partial charge in [-0.1, -0.05) is 27.7 Å². The molecule has 0 aromatic heterocycles. The standard InChI is InChI=1S/C13H25NO/c1-5-13(4,10-15)9-14-7-6-11(2)12(3)8-14/h10-12H,5-9H2,1-4H3. The molecule has 0 radical (unpaired) electrons. The molecular weight excluding hydrogens is 186 g/mol. The van der Waals surface area contributed by atoms with Crippen LogP contribution in [0.15, 0.2) is 0 Å². The van der Waals surface area contributed by atoms with Crippen molar-refractivity contribution >= 4 is 6.29 Å². The molecule has 1 fully saturated rings. The van der Waals surface area contributed by atoms with Crippen LogP contribution in [-0.4, -0.2) is 30.8 Å². The van der Waals surface area contributed by atoms with Crippen LogP contribution in [0.4, 0.5) is 0 Å². The Morgan fingerprint density at radius 3 is 2.53 bits per heavy atom. The van der Waals surface area contributed by atoms with Crippen molar-refractivity contribution in [1.29, 1.82) is 0 Å². The predicted octanol–water partition coefficient (Wildman–Crippen LogP) is 2.58. The van der Waals surface area contributed by atoms with Crippen molar-refractivity contribution in [2.75, 3.05) is 19.6 Å². The van der Waals surface area contributed by atoms with Crippen molar-refractivity contribution in [3.8, 4) is 0 Å². The first-order chi connectivity index (χ1) is 7.00. The van der Waals surface area contributed by atoms with E-state index in [0.29, 0.717) is 0 Å². The van der Waals surface area contributed by atoms with Crippen LogP contribution in [0, 0.1) is 17.3 Å². The van der Waals surface area contributed by atoms with E-state index in [1.54, 1.807) is 0 Å².